The second-order valence-corrected chi connectivity index (χ2v) is 8.90. The number of ether oxygens (including phenoxy) is 1. The second kappa shape index (κ2) is 12.2. The summed E-state index contributed by atoms with van der Waals surface area (Å²) in [5, 5.41) is 0. The van der Waals surface area contributed by atoms with E-state index in [0.717, 1.165) is 6.54 Å². The summed E-state index contributed by atoms with van der Waals surface area (Å²) in [4.78, 5) is 14.7. The van der Waals surface area contributed by atoms with Crippen LogP contribution in [-0.4, -0.2) is 32.2 Å². The van der Waals surface area contributed by atoms with E-state index in [1.807, 2.05) is 0 Å². The van der Waals surface area contributed by atoms with Gasteiger partial charge in [0.25, 0.3) is 0 Å². The van der Waals surface area contributed by atoms with Crippen molar-refractivity contribution in [1.82, 2.24) is 0 Å². The van der Waals surface area contributed by atoms with Gasteiger partial charge in [-0.3, -0.25) is 4.79 Å². The molecule has 0 aromatic carbocycles. The van der Waals surface area contributed by atoms with Crippen molar-refractivity contribution in [2.24, 2.45) is 17.8 Å². The van der Waals surface area contributed by atoms with E-state index in [1.54, 1.807) is 4.90 Å². The van der Waals surface area contributed by atoms with Crippen LogP contribution in [0.2, 0.25) is 0 Å². The predicted molar refractivity (Wildman–Crippen MR) is 102 cm³/mol. The third-order valence-corrected chi connectivity index (χ3v) is 7.10. The lowest BCUT2D eigenvalue weighted by Gasteiger charge is -2.36. The average Bonchev–Trinajstić information content (AvgIpc) is 2.93. The molecule has 0 atom stereocenters. The molecule has 4 heteroatoms. The Bertz CT molecular complexity index is 366. The van der Waals surface area contributed by atoms with Crippen molar-refractivity contribution in [3.63, 3.8) is 0 Å². The van der Waals surface area contributed by atoms with Crippen LogP contribution >= 0.6 is 0 Å². The van der Waals surface area contributed by atoms with Gasteiger partial charge in [-0.2, -0.15) is 0 Å². The molecule has 152 valence electrons. The van der Waals surface area contributed by atoms with Crippen LogP contribution in [0.5, 0.6) is 0 Å². The predicted octanol–water partition coefficient (Wildman–Crippen LogP) is 0.769. The fourth-order valence-electron chi connectivity index (χ4n) is 5.63. The Morgan fingerprint density at radius 3 is 1.73 bits per heavy atom. The minimum Gasteiger partial charge on any atom is -1.00 e. The van der Waals surface area contributed by atoms with E-state index in [2.05, 4.69) is 0 Å². The van der Waals surface area contributed by atoms with E-state index in [9.17, 15) is 4.79 Å². The number of hydrogen-bond acceptors (Lipinski definition) is 2. The van der Waals surface area contributed by atoms with Gasteiger partial charge >= 0.3 is 5.97 Å². The maximum atomic E-state index is 13.0. The molecule has 2 aliphatic carbocycles. The summed E-state index contributed by atoms with van der Waals surface area (Å²) in [6.45, 7) is 4.20. The molecule has 0 aromatic rings. The van der Waals surface area contributed by atoms with Crippen molar-refractivity contribution in [3.05, 3.63) is 0 Å². The number of carbonyl (C=O) groups excluding carboxylic acids is 1. The standard InChI is InChI=1S/C22H39NO2.ClH/c24-22(25-18-17-23-15-9-1-2-10-16-23)21(19-11-5-3-6-12-19)20-13-7-4-8-14-20;/h19-21H,1-18H2;1H. The first-order valence-corrected chi connectivity index (χ1v) is 11.3. The quantitative estimate of drug-likeness (QED) is 0.684. The van der Waals surface area contributed by atoms with Gasteiger partial charge in [0, 0.05) is 0 Å². The van der Waals surface area contributed by atoms with E-state index in [1.165, 1.54) is 103 Å². The Morgan fingerprint density at radius 1 is 0.769 bits per heavy atom. The largest absolute Gasteiger partial charge is 1.00 e. The summed E-state index contributed by atoms with van der Waals surface area (Å²) >= 11 is 0. The van der Waals surface area contributed by atoms with Crippen LogP contribution in [0.4, 0.5) is 0 Å². The molecule has 0 spiro atoms. The number of carbonyl (C=O) groups is 1. The van der Waals surface area contributed by atoms with E-state index in [-0.39, 0.29) is 24.3 Å². The second-order valence-electron chi connectivity index (χ2n) is 8.90. The topological polar surface area (TPSA) is 30.7 Å². The molecular weight excluding hydrogens is 346 g/mol. The highest BCUT2D eigenvalue weighted by Crippen LogP contribution is 2.40. The van der Waals surface area contributed by atoms with Crippen LogP contribution < -0.4 is 17.3 Å². The van der Waals surface area contributed by atoms with Gasteiger partial charge in [-0.1, -0.05) is 38.5 Å². The van der Waals surface area contributed by atoms with E-state index < -0.39 is 0 Å². The van der Waals surface area contributed by atoms with Gasteiger partial charge in [-0.05, 0) is 63.2 Å². The first-order chi connectivity index (χ1) is 12.3. The monoisotopic (exact) mass is 385 g/mol. The Balaban J connectivity index is 0.00000243. The van der Waals surface area contributed by atoms with Gasteiger partial charge in [0.15, 0.2) is 0 Å². The molecule has 0 bridgehead atoms. The van der Waals surface area contributed by atoms with Gasteiger partial charge in [-0.25, -0.2) is 0 Å². The average molecular weight is 386 g/mol. The summed E-state index contributed by atoms with van der Waals surface area (Å²) in [5.41, 5.74) is 0. The minimum atomic E-state index is 0. The molecule has 3 aliphatic rings. The van der Waals surface area contributed by atoms with Crippen molar-refractivity contribution in [2.45, 2.75) is 89.9 Å². The first kappa shape index (κ1) is 22.0. The SMILES string of the molecule is O=C(OCC[NH+]1CCCCCC1)C(C1CCCCC1)C1CCCCC1.[Cl-]. The molecule has 3 nitrogen and oxygen atoms in total. The van der Waals surface area contributed by atoms with Crippen molar-refractivity contribution in [1.29, 1.82) is 0 Å². The molecule has 1 heterocycles. The number of rotatable bonds is 6. The summed E-state index contributed by atoms with van der Waals surface area (Å²) in [6.07, 6.45) is 18.5. The molecule has 1 N–H and O–H groups in total. The molecular formula is C22H40ClNO2. The number of halogens is 1. The molecule has 0 amide bonds. The van der Waals surface area contributed by atoms with Crippen molar-refractivity contribution in [3.8, 4) is 0 Å². The molecule has 1 aliphatic heterocycles. The van der Waals surface area contributed by atoms with E-state index in [0.29, 0.717) is 18.4 Å². The zero-order valence-electron chi connectivity index (χ0n) is 16.7. The lowest BCUT2D eigenvalue weighted by atomic mass is 9.69. The smallest absolute Gasteiger partial charge is 0.309 e. The molecule has 26 heavy (non-hydrogen) atoms. The number of likely N-dealkylation sites (tertiary alicyclic amines) is 1. The Hall–Kier alpha value is -0.280. The van der Waals surface area contributed by atoms with Crippen LogP contribution in [-0.2, 0) is 9.53 Å². The third kappa shape index (κ3) is 6.71. The van der Waals surface area contributed by atoms with Crippen molar-refractivity contribution < 1.29 is 26.8 Å². The van der Waals surface area contributed by atoms with Crippen molar-refractivity contribution >= 4 is 5.97 Å². The van der Waals surface area contributed by atoms with Gasteiger partial charge in [0.1, 0.15) is 13.2 Å². The van der Waals surface area contributed by atoms with Crippen LogP contribution in [0.3, 0.4) is 0 Å². The Kier molecular flexibility index (Phi) is 10.4. The summed E-state index contributed by atoms with van der Waals surface area (Å²) < 4.78 is 5.89. The third-order valence-electron chi connectivity index (χ3n) is 7.10. The molecule has 3 rings (SSSR count). The maximum Gasteiger partial charge on any atom is 0.309 e. The number of nitrogens with one attached hydrogen (secondary N) is 1. The molecule has 0 radical (unpaired) electrons. The lowest BCUT2D eigenvalue weighted by Crippen LogP contribution is -3.12. The lowest BCUT2D eigenvalue weighted by molar-refractivity contribution is -0.899. The fraction of sp³-hybridized carbons (Fsp3) is 0.955. The van der Waals surface area contributed by atoms with E-state index >= 15 is 0 Å². The summed E-state index contributed by atoms with van der Waals surface area (Å²) in [6, 6.07) is 0. The van der Waals surface area contributed by atoms with Crippen molar-refractivity contribution in [2.75, 3.05) is 26.2 Å². The minimum absolute atomic E-state index is 0. The molecule has 0 aromatic heterocycles. The van der Waals surface area contributed by atoms with Crippen LogP contribution in [0.15, 0.2) is 0 Å². The number of quaternary nitrogens is 1. The first-order valence-electron chi connectivity index (χ1n) is 11.3. The normalized spacial score (nSPS) is 24.0. The van der Waals surface area contributed by atoms with Gasteiger partial charge in [0.2, 0.25) is 0 Å². The highest BCUT2D eigenvalue weighted by molar-refractivity contribution is 5.73. The maximum absolute atomic E-state index is 13.0. The van der Waals surface area contributed by atoms with Crippen LogP contribution in [0.1, 0.15) is 89.9 Å². The Labute approximate surface area is 167 Å². The van der Waals surface area contributed by atoms with Gasteiger partial charge in [-0.15, -0.1) is 0 Å². The highest BCUT2D eigenvalue weighted by atomic mass is 35.5. The number of esters is 1. The zero-order valence-corrected chi connectivity index (χ0v) is 17.4. The molecule has 1 saturated heterocycles. The van der Waals surface area contributed by atoms with Gasteiger partial charge < -0.3 is 22.0 Å². The Morgan fingerprint density at radius 2 is 1.23 bits per heavy atom. The zero-order chi connectivity index (χ0) is 17.3. The molecule has 3 fully saturated rings. The summed E-state index contributed by atoms with van der Waals surface area (Å²) in [7, 11) is 0. The fourth-order valence-corrected chi connectivity index (χ4v) is 5.63. The molecule has 2 saturated carbocycles. The summed E-state index contributed by atoms with van der Waals surface area (Å²) in [5.74, 6) is 1.58. The van der Waals surface area contributed by atoms with Gasteiger partial charge in [0.05, 0.1) is 19.0 Å². The van der Waals surface area contributed by atoms with Crippen LogP contribution in [0.25, 0.3) is 0 Å². The highest BCUT2D eigenvalue weighted by Gasteiger charge is 2.37. The van der Waals surface area contributed by atoms with Crippen LogP contribution in [0, 0.1) is 17.8 Å². The van der Waals surface area contributed by atoms with E-state index in [4.69, 9.17) is 4.74 Å². The molecule has 0 unspecified atom stereocenters. The number of hydrogen-bond donors (Lipinski definition) is 1.